The smallest absolute Gasteiger partial charge is 0.0742 e. The van der Waals surface area contributed by atoms with E-state index in [1.807, 2.05) is 0 Å². The van der Waals surface area contributed by atoms with Gasteiger partial charge < -0.3 is 10.1 Å². The molecule has 2 fully saturated rings. The van der Waals surface area contributed by atoms with Crippen molar-refractivity contribution < 1.29 is 5.21 Å². The summed E-state index contributed by atoms with van der Waals surface area (Å²) in [6, 6.07) is 11.0. The van der Waals surface area contributed by atoms with Crippen LogP contribution < -0.4 is 4.90 Å². The van der Waals surface area contributed by atoms with Crippen molar-refractivity contribution in [2.45, 2.75) is 25.3 Å². The standard InChI is InChI=1S/C15H21N3O/c19-16-14-7-4-8-15(14)18-11-9-17(10-12-18)13-5-2-1-3-6-13/h1-3,5-6,15,19H,4,7-12H2. The van der Waals surface area contributed by atoms with Crippen molar-refractivity contribution in [2.75, 3.05) is 31.1 Å². The summed E-state index contributed by atoms with van der Waals surface area (Å²) in [5.74, 6) is 0. The maximum Gasteiger partial charge on any atom is 0.0742 e. The van der Waals surface area contributed by atoms with E-state index < -0.39 is 0 Å². The van der Waals surface area contributed by atoms with Crippen molar-refractivity contribution in [1.82, 2.24) is 4.90 Å². The lowest BCUT2D eigenvalue weighted by molar-refractivity contribution is 0.221. The van der Waals surface area contributed by atoms with Crippen LogP contribution in [0.3, 0.4) is 0 Å². The highest BCUT2D eigenvalue weighted by Crippen LogP contribution is 2.24. The maximum atomic E-state index is 9.05. The molecule has 0 amide bonds. The molecule has 1 N–H and O–H groups in total. The van der Waals surface area contributed by atoms with Crippen LogP contribution in [0.15, 0.2) is 35.5 Å². The second kappa shape index (κ2) is 5.61. The topological polar surface area (TPSA) is 39.1 Å². The van der Waals surface area contributed by atoms with Gasteiger partial charge in [-0.05, 0) is 31.4 Å². The third kappa shape index (κ3) is 2.59. The van der Waals surface area contributed by atoms with E-state index in [-0.39, 0.29) is 0 Å². The second-order valence-corrected chi connectivity index (χ2v) is 5.36. The summed E-state index contributed by atoms with van der Waals surface area (Å²) >= 11 is 0. The molecule has 0 radical (unpaired) electrons. The lowest BCUT2D eigenvalue weighted by atomic mass is 10.1. The lowest BCUT2D eigenvalue weighted by Crippen LogP contribution is -2.51. The third-order valence-electron chi connectivity index (χ3n) is 4.30. The zero-order valence-electron chi connectivity index (χ0n) is 11.2. The average molecular weight is 259 g/mol. The molecule has 2 aliphatic rings. The van der Waals surface area contributed by atoms with Gasteiger partial charge in [0.1, 0.15) is 0 Å². The minimum atomic E-state index is 0.378. The molecule has 1 saturated heterocycles. The molecule has 0 spiro atoms. The summed E-state index contributed by atoms with van der Waals surface area (Å²) in [7, 11) is 0. The van der Waals surface area contributed by atoms with Crippen LogP contribution in [0.1, 0.15) is 19.3 Å². The van der Waals surface area contributed by atoms with E-state index in [1.54, 1.807) is 0 Å². The predicted octanol–water partition coefficient (Wildman–Crippen LogP) is 2.19. The molecular weight excluding hydrogens is 238 g/mol. The van der Waals surface area contributed by atoms with Crippen LogP contribution in [0.4, 0.5) is 5.69 Å². The Morgan fingerprint density at radius 2 is 1.79 bits per heavy atom. The van der Waals surface area contributed by atoms with Crippen molar-refractivity contribution in [1.29, 1.82) is 0 Å². The first-order chi connectivity index (χ1) is 9.38. The number of benzene rings is 1. The molecule has 3 rings (SSSR count). The second-order valence-electron chi connectivity index (χ2n) is 5.36. The van der Waals surface area contributed by atoms with Gasteiger partial charge in [0.15, 0.2) is 0 Å². The van der Waals surface area contributed by atoms with Crippen molar-refractivity contribution >= 4 is 11.4 Å². The van der Waals surface area contributed by atoms with E-state index in [9.17, 15) is 0 Å². The molecular formula is C15H21N3O. The molecule has 1 heterocycles. The molecule has 19 heavy (non-hydrogen) atoms. The minimum Gasteiger partial charge on any atom is -0.411 e. The molecule has 4 nitrogen and oxygen atoms in total. The van der Waals surface area contributed by atoms with Crippen molar-refractivity contribution in [3.05, 3.63) is 30.3 Å². The summed E-state index contributed by atoms with van der Waals surface area (Å²) in [6.45, 7) is 4.22. The van der Waals surface area contributed by atoms with Crippen LogP contribution in [-0.4, -0.2) is 48.0 Å². The Bertz CT molecular complexity index is 438. The van der Waals surface area contributed by atoms with Gasteiger partial charge in [0.2, 0.25) is 0 Å². The van der Waals surface area contributed by atoms with Crippen LogP contribution in [0.25, 0.3) is 0 Å². The van der Waals surface area contributed by atoms with Crippen LogP contribution >= 0.6 is 0 Å². The summed E-state index contributed by atoms with van der Waals surface area (Å²) in [5, 5.41) is 12.5. The summed E-state index contributed by atoms with van der Waals surface area (Å²) in [4.78, 5) is 4.91. The SMILES string of the molecule is ON=C1CCCC1N1CCN(c2ccccc2)CC1. The Morgan fingerprint density at radius 1 is 1.05 bits per heavy atom. The number of hydrogen-bond donors (Lipinski definition) is 1. The van der Waals surface area contributed by atoms with Crippen LogP contribution in [0.2, 0.25) is 0 Å². The lowest BCUT2D eigenvalue weighted by Gasteiger charge is -2.39. The highest BCUT2D eigenvalue weighted by atomic mass is 16.4. The van der Waals surface area contributed by atoms with Gasteiger partial charge in [0.05, 0.1) is 11.8 Å². The van der Waals surface area contributed by atoms with E-state index in [1.165, 1.54) is 5.69 Å². The van der Waals surface area contributed by atoms with Gasteiger partial charge in [0.25, 0.3) is 0 Å². The predicted molar refractivity (Wildman–Crippen MR) is 77.1 cm³/mol. The van der Waals surface area contributed by atoms with Crippen molar-refractivity contribution in [3.63, 3.8) is 0 Å². The van der Waals surface area contributed by atoms with Gasteiger partial charge in [0, 0.05) is 31.9 Å². The molecule has 4 heteroatoms. The number of para-hydroxylation sites is 1. The molecule has 1 aliphatic carbocycles. The van der Waals surface area contributed by atoms with Gasteiger partial charge >= 0.3 is 0 Å². The van der Waals surface area contributed by atoms with Gasteiger partial charge in [-0.15, -0.1) is 0 Å². The van der Waals surface area contributed by atoms with Gasteiger partial charge in [-0.2, -0.15) is 0 Å². The fourth-order valence-electron chi connectivity index (χ4n) is 3.25. The zero-order valence-corrected chi connectivity index (χ0v) is 11.2. The van der Waals surface area contributed by atoms with E-state index in [0.717, 1.165) is 51.2 Å². The van der Waals surface area contributed by atoms with Crippen molar-refractivity contribution in [2.24, 2.45) is 5.16 Å². The quantitative estimate of drug-likeness (QED) is 0.653. The summed E-state index contributed by atoms with van der Waals surface area (Å²) < 4.78 is 0. The van der Waals surface area contributed by atoms with Gasteiger partial charge in [-0.1, -0.05) is 23.4 Å². The van der Waals surface area contributed by atoms with E-state index in [2.05, 4.69) is 45.3 Å². The molecule has 1 aromatic carbocycles. The monoisotopic (exact) mass is 259 g/mol. The first-order valence-corrected chi connectivity index (χ1v) is 7.13. The van der Waals surface area contributed by atoms with Gasteiger partial charge in [-0.25, -0.2) is 0 Å². The number of hydrogen-bond acceptors (Lipinski definition) is 4. The normalized spacial score (nSPS) is 27.1. The Morgan fingerprint density at radius 3 is 2.47 bits per heavy atom. The minimum absolute atomic E-state index is 0.378. The Kier molecular flexibility index (Phi) is 3.69. The largest absolute Gasteiger partial charge is 0.411 e. The number of anilines is 1. The molecule has 1 saturated carbocycles. The molecule has 1 atom stereocenters. The van der Waals surface area contributed by atoms with E-state index in [0.29, 0.717) is 6.04 Å². The van der Waals surface area contributed by atoms with Crippen LogP contribution in [0.5, 0.6) is 0 Å². The fraction of sp³-hybridized carbons (Fsp3) is 0.533. The maximum absolute atomic E-state index is 9.05. The molecule has 1 unspecified atom stereocenters. The highest BCUT2D eigenvalue weighted by Gasteiger charge is 2.31. The number of rotatable bonds is 2. The zero-order chi connectivity index (χ0) is 13.1. The Hall–Kier alpha value is -1.55. The van der Waals surface area contributed by atoms with Crippen molar-refractivity contribution in [3.8, 4) is 0 Å². The number of piperazine rings is 1. The van der Waals surface area contributed by atoms with Crippen LogP contribution in [-0.2, 0) is 0 Å². The molecule has 1 aromatic rings. The van der Waals surface area contributed by atoms with E-state index >= 15 is 0 Å². The first-order valence-electron chi connectivity index (χ1n) is 7.13. The third-order valence-corrected chi connectivity index (χ3v) is 4.30. The molecule has 0 aromatic heterocycles. The molecule has 102 valence electrons. The summed E-state index contributed by atoms with van der Waals surface area (Å²) in [5.41, 5.74) is 2.29. The summed E-state index contributed by atoms with van der Waals surface area (Å²) in [6.07, 6.45) is 3.26. The highest BCUT2D eigenvalue weighted by molar-refractivity contribution is 5.90. The first kappa shape index (κ1) is 12.5. The Balaban J connectivity index is 1.61. The van der Waals surface area contributed by atoms with Gasteiger partial charge in [-0.3, -0.25) is 4.90 Å². The number of nitrogens with zero attached hydrogens (tertiary/aromatic N) is 3. The Labute approximate surface area is 114 Å². The average Bonchev–Trinajstić information content (AvgIpc) is 2.97. The molecule has 1 aliphatic heterocycles. The van der Waals surface area contributed by atoms with E-state index in [4.69, 9.17) is 5.21 Å². The fourth-order valence-corrected chi connectivity index (χ4v) is 3.25. The van der Waals surface area contributed by atoms with Crippen LogP contribution in [0, 0.1) is 0 Å². The number of oxime groups is 1. The molecule has 0 bridgehead atoms.